The third-order valence-corrected chi connectivity index (χ3v) is 3.75. The van der Waals surface area contributed by atoms with Crippen molar-refractivity contribution in [1.29, 1.82) is 0 Å². The zero-order chi connectivity index (χ0) is 13.1. The Morgan fingerprint density at radius 3 is 2.56 bits per heavy atom. The molecule has 5 heteroatoms. The Morgan fingerprint density at radius 1 is 1.33 bits per heavy atom. The molecule has 1 amide bonds. The van der Waals surface area contributed by atoms with Gasteiger partial charge >= 0.3 is 0 Å². The average molecular weight is 249 g/mol. The van der Waals surface area contributed by atoms with Crippen molar-refractivity contribution in [1.82, 2.24) is 15.1 Å². The lowest BCUT2D eigenvalue weighted by molar-refractivity contribution is 0.0672. The molecule has 1 aromatic rings. The number of amides is 1. The van der Waals surface area contributed by atoms with Crippen LogP contribution in [0.2, 0.25) is 0 Å². The third-order valence-electron chi connectivity index (χ3n) is 3.75. The van der Waals surface area contributed by atoms with Crippen molar-refractivity contribution in [2.45, 2.75) is 38.6 Å². The van der Waals surface area contributed by atoms with Gasteiger partial charge in [-0.1, -0.05) is 6.92 Å². The number of H-pyrrole nitrogens is 1. The summed E-state index contributed by atoms with van der Waals surface area (Å²) in [5.74, 6) is 0.641. The van der Waals surface area contributed by atoms with E-state index in [2.05, 4.69) is 17.1 Å². The number of rotatable bonds is 2. The van der Waals surface area contributed by atoms with E-state index >= 15 is 0 Å². The van der Waals surface area contributed by atoms with Gasteiger partial charge in [0.05, 0.1) is 0 Å². The molecule has 0 radical (unpaired) electrons. The normalized spacial score (nSPS) is 23.7. The van der Waals surface area contributed by atoms with Crippen LogP contribution in [0.3, 0.4) is 0 Å². The number of nitrogens with zero attached hydrogens (tertiary/aromatic N) is 2. The van der Waals surface area contributed by atoms with Gasteiger partial charge in [-0.05, 0) is 37.7 Å². The topological polar surface area (TPSA) is 66.1 Å². The van der Waals surface area contributed by atoms with Crippen LogP contribution in [-0.4, -0.2) is 34.1 Å². The number of nitrogens with one attached hydrogen (secondary N) is 1. The van der Waals surface area contributed by atoms with E-state index in [1.807, 2.05) is 7.05 Å². The first-order valence-electron chi connectivity index (χ1n) is 6.41. The molecular weight excluding hydrogens is 230 g/mol. The van der Waals surface area contributed by atoms with Crippen molar-refractivity contribution in [2.24, 2.45) is 5.92 Å². The van der Waals surface area contributed by atoms with Crippen LogP contribution in [-0.2, 0) is 0 Å². The van der Waals surface area contributed by atoms with Gasteiger partial charge in [0.1, 0.15) is 5.69 Å². The maximum atomic E-state index is 12.2. The molecule has 1 heterocycles. The van der Waals surface area contributed by atoms with Crippen molar-refractivity contribution in [2.75, 3.05) is 7.05 Å². The fourth-order valence-electron chi connectivity index (χ4n) is 2.44. The number of carbonyl (C=O) groups excluding carboxylic acids is 1. The van der Waals surface area contributed by atoms with Crippen LogP contribution in [0.1, 0.15) is 43.1 Å². The lowest BCUT2D eigenvalue weighted by atomic mass is 9.86. The Kier molecular flexibility index (Phi) is 3.79. The Morgan fingerprint density at radius 2 is 2.00 bits per heavy atom. The minimum atomic E-state index is -0.291. The maximum absolute atomic E-state index is 12.2. The van der Waals surface area contributed by atoms with Gasteiger partial charge in [0, 0.05) is 19.2 Å². The highest BCUT2D eigenvalue weighted by atomic mass is 16.2. The van der Waals surface area contributed by atoms with Crippen LogP contribution >= 0.6 is 0 Å². The van der Waals surface area contributed by atoms with Crippen LogP contribution in [0.15, 0.2) is 16.9 Å². The first-order chi connectivity index (χ1) is 8.58. The molecule has 0 aromatic carbocycles. The standard InChI is InChI=1S/C13H19N3O2/c1-9-3-5-10(6-4-9)16(2)13(18)11-7-8-12(17)15-14-11/h7-10H,3-6H2,1-2H3,(H,15,17). The monoisotopic (exact) mass is 249 g/mol. The van der Waals surface area contributed by atoms with Crippen LogP contribution in [0, 0.1) is 5.92 Å². The van der Waals surface area contributed by atoms with E-state index in [0.717, 1.165) is 18.8 Å². The first-order valence-corrected chi connectivity index (χ1v) is 6.41. The minimum absolute atomic E-state index is 0.120. The summed E-state index contributed by atoms with van der Waals surface area (Å²) in [6.07, 6.45) is 4.43. The Labute approximate surface area is 106 Å². The average Bonchev–Trinajstić information content (AvgIpc) is 2.39. The number of aromatic amines is 1. The van der Waals surface area contributed by atoms with Gasteiger partial charge in [-0.2, -0.15) is 5.10 Å². The predicted octanol–water partition coefficient (Wildman–Crippen LogP) is 1.42. The van der Waals surface area contributed by atoms with Crippen molar-refractivity contribution < 1.29 is 4.79 Å². The highest BCUT2D eigenvalue weighted by Gasteiger charge is 2.25. The molecule has 0 aliphatic heterocycles. The summed E-state index contributed by atoms with van der Waals surface area (Å²) < 4.78 is 0. The van der Waals surface area contributed by atoms with Gasteiger partial charge in [0.25, 0.3) is 11.5 Å². The Bertz CT molecular complexity index is 455. The second-order valence-corrected chi connectivity index (χ2v) is 5.14. The second-order valence-electron chi connectivity index (χ2n) is 5.14. The smallest absolute Gasteiger partial charge is 0.274 e. The lowest BCUT2D eigenvalue weighted by Crippen LogP contribution is -2.39. The molecule has 1 fully saturated rings. The van der Waals surface area contributed by atoms with E-state index in [-0.39, 0.29) is 11.5 Å². The van der Waals surface area contributed by atoms with Crippen molar-refractivity contribution in [3.63, 3.8) is 0 Å². The van der Waals surface area contributed by atoms with Crippen LogP contribution in [0.25, 0.3) is 0 Å². The molecule has 0 unspecified atom stereocenters. The fraction of sp³-hybridized carbons (Fsp3) is 0.615. The Balaban J connectivity index is 2.04. The summed E-state index contributed by atoms with van der Waals surface area (Å²) in [5, 5.41) is 6.07. The van der Waals surface area contributed by atoms with Gasteiger partial charge in [0.2, 0.25) is 0 Å². The molecule has 0 bridgehead atoms. The number of carbonyl (C=O) groups is 1. The van der Waals surface area contributed by atoms with Crippen LogP contribution in [0.4, 0.5) is 0 Å². The molecule has 2 rings (SSSR count). The molecule has 1 saturated carbocycles. The SMILES string of the molecule is CC1CCC(N(C)C(=O)c2ccc(=O)[nH]n2)CC1. The Hall–Kier alpha value is -1.65. The molecular formula is C13H19N3O2. The van der Waals surface area contributed by atoms with E-state index in [1.165, 1.54) is 25.0 Å². The lowest BCUT2D eigenvalue weighted by Gasteiger charge is -2.33. The summed E-state index contributed by atoms with van der Waals surface area (Å²) in [6.45, 7) is 2.25. The largest absolute Gasteiger partial charge is 0.337 e. The summed E-state index contributed by atoms with van der Waals surface area (Å²) in [7, 11) is 1.82. The molecule has 98 valence electrons. The van der Waals surface area contributed by atoms with Crippen molar-refractivity contribution >= 4 is 5.91 Å². The molecule has 18 heavy (non-hydrogen) atoms. The quantitative estimate of drug-likeness (QED) is 0.862. The zero-order valence-corrected chi connectivity index (χ0v) is 10.8. The van der Waals surface area contributed by atoms with Gasteiger partial charge in [-0.3, -0.25) is 9.59 Å². The summed E-state index contributed by atoms with van der Waals surface area (Å²) in [5.41, 5.74) is 0.0106. The molecule has 1 aromatic heterocycles. The van der Waals surface area contributed by atoms with E-state index in [9.17, 15) is 9.59 Å². The first kappa shape index (κ1) is 12.8. The van der Waals surface area contributed by atoms with Crippen molar-refractivity contribution in [3.05, 3.63) is 28.2 Å². The van der Waals surface area contributed by atoms with E-state index in [0.29, 0.717) is 11.7 Å². The van der Waals surface area contributed by atoms with E-state index < -0.39 is 0 Å². The van der Waals surface area contributed by atoms with E-state index in [4.69, 9.17) is 0 Å². The summed E-state index contributed by atoms with van der Waals surface area (Å²) in [4.78, 5) is 24.8. The minimum Gasteiger partial charge on any atom is -0.337 e. The fourth-order valence-corrected chi connectivity index (χ4v) is 2.44. The molecule has 1 N–H and O–H groups in total. The molecule has 5 nitrogen and oxygen atoms in total. The number of hydrogen-bond donors (Lipinski definition) is 1. The van der Waals surface area contributed by atoms with Crippen molar-refractivity contribution in [3.8, 4) is 0 Å². The molecule has 0 spiro atoms. The van der Waals surface area contributed by atoms with Crippen LogP contribution < -0.4 is 5.56 Å². The zero-order valence-electron chi connectivity index (χ0n) is 10.8. The molecule has 1 aliphatic rings. The predicted molar refractivity (Wildman–Crippen MR) is 68.4 cm³/mol. The van der Waals surface area contributed by atoms with Gasteiger partial charge < -0.3 is 4.90 Å². The van der Waals surface area contributed by atoms with Gasteiger partial charge in [-0.25, -0.2) is 5.10 Å². The third kappa shape index (κ3) is 2.78. The molecule has 0 atom stereocenters. The second kappa shape index (κ2) is 5.33. The number of aromatic nitrogens is 2. The van der Waals surface area contributed by atoms with Crippen LogP contribution in [0.5, 0.6) is 0 Å². The summed E-state index contributed by atoms with van der Waals surface area (Å²) in [6, 6.07) is 3.10. The maximum Gasteiger partial charge on any atom is 0.274 e. The summed E-state index contributed by atoms with van der Waals surface area (Å²) >= 11 is 0. The molecule has 1 aliphatic carbocycles. The van der Waals surface area contributed by atoms with Gasteiger partial charge in [-0.15, -0.1) is 0 Å². The number of hydrogen-bond acceptors (Lipinski definition) is 3. The highest BCUT2D eigenvalue weighted by molar-refractivity contribution is 5.92. The molecule has 0 saturated heterocycles. The van der Waals surface area contributed by atoms with Gasteiger partial charge in [0.15, 0.2) is 0 Å². The van der Waals surface area contributed by atoms with E-state index in [1.54, 1.807) is 4.90 Å². The highest BCUT2D eigenvalue weighted by Crippen LogP contribution is 2.26.